The summed E-state index contributed by atoms with van der Waals surface area (Å²) >= 11 is 0. The highest BCUT2D eigenvalue weighted by Crippen LogP contribution is 2.23. The minimum absolute atomic E-state index is 0.680. The summed E-state index contributed by atoms with van der Waals surface area (Å²) < 4.78 is 10.8. The predicted octanol–water partition coefficient (Wildman–Crippen LogP) is 4.81. The van der Waals surface area contributed by atoms with Gasteiger partial charge in [-0.05, 0) is 54.7 Å². The fraction of sp³-hybridized carbons (Fsp3) is 0.350. The molecule has 3 heteroatoms. The number of nitrogens with zero attached hydrogens (tertiary/aromatic N) is 1. The summed E-state index contributed by atoms with van der Waals surface area (Å²) in [4.78, 5) is 0. The molecular formula is C20H23NO2. The molecule has 0 aromatic heterocycles. The zero-order valence-electron chi connectivity index (χ0n) is 13.6. The summed E-state index contributed by atoms with van der Waals surface area (Å²) in [5.41, 5.74) is 2.91. The van der Waals surface area contributed by atoms with Gasteiger partial charge in [0.15, 0.2) is 0 Å². The van der Waals surface area contributed by atoms with Crippen LogP contribution in [0.25, 0.3) is 11.1 Å². The normalized spacial score (nSPS) is 10.3. The topological polar surface area (TPSA) is 42.2 Å². The van der Waals surface area contributed by atoms with E-state index in [0.29, 0.717) is 5.56 Å². The maximum absolute atomic E-state index is 8.83. The molecule has 0 bridgehead atoms. The molecule has 2 aromatic carbocycles. The van der Waals surface area contributed by atoms with Crippen molar-refractivity contribution in [2.45, 2.75) is 25.7 Å². The number of methoxy groups -OCH3 is 1. The zero-order valence-corrected chi connectivity index (χ0v) is 13.6. The predicted molar refractivity (Wildman–Crippen MR) is 92.4 cm³/mol. The fourth-order valence-corrected chi connectivity index (χ4v) is 2.37. The van der Waals surface area contributed by atoms with Crippen LogP contribution in [0.2, 0.25) is 0 Å². The maximum Gasteiger partial charge on any atom is 0.119 e. The van der Waals surface area contributed by atoms with Crippen molar-refractivity contribution in [2.75, 3.05) is 20.3 Å². The monoisotopic (exact) mass is 309 g/mol. The molecule has 0 unspecified atom stereocenters. The number of nitriles is 1. The van der Waals surface area contributed by atoms with E-state index in [1.54, 1.807) is 7.11 Å². The molecule has 0 heterocycles. The SMILES string of the molecule is COCCCCCCOc1ccc(-c2ccc(C#N)cc2)cc1. The summed E-state index contributed by atoms with van der Waals surface area (Å²) in [5, 5.41) is 8.83. The second-order valence-corrected chi connectivity index (χ2v) is 5.47. The van der Waals surface area contributed by atoms with Crippen LogP contribution in [0.1, 0.15) is 31.2 Å². The van der Waals surface area contributed by atoms with E-state index >= 15 is 0 Å². The molecule has 0 aliphatic rings. The highest BCUT2D eigenvalue weighted by atomic mass is 16.5. The lowest BCUT2D eigenvalue weighted by Gasteiger charge is -2.07. The van der Waals surface area contributed by atoms with Gasteiger partial charge in [-0.3, -0.25) is 0 Å². The molecule has 0 aliphatic carbocycles. The third kappa shape index (κ3) is 5.77. The van der Waals surface area contributed by atoms with E-state index in [0.717, 1.165) is 42.9 Å². The molecule has 0 saturated carbocycles. The van der Waals surface area contributed by atoms with E-state index < -0.39 is 0 Å². The van der Waals surface area contributed by atoms with Crippen LogP contribution in [0.15, 0.2) is 48.5 Å². The lowest BCUT2D eigenvalue weighted by Crippen LogP contribution is -1.97. The summed E-state index contributed by atoms with van der Waals surface area (Å²) in [6.45, 7) is 1.60. The minimum Gasteiger partial charge on any atom is -0.494 e. The van der Waals surface area contributed by atoms with E-state index in [-0.39, 0.29) is 0 Å². The van der Waals surface area contributed by atoms with Crippen LogP contribution < -0.4 is 4.74 Å². The highest BCUT2D eigenvalue weighted by molar-refractivity contribution is 5.64. The Balaban J connectivity index is 1.77. The number of benzene rings is 2. The van der Waals surface area contributed by atoms with E-state index in [1.165, 1.54) is 12.8 Å². The number of ether oxygens (including phenoxy) is 2. The third-order valence-electron chi connectivity index (χ3n) is 3.71. The average molecular weight is 309 g/mol. The van der Waals surface area contributed by atoms with Crippen molar-refractivity contribution in [3.8, 4) is 22.9 Å². The second-order valence-electron chi connectivity index (χ2n) is 5.47. The van der Waals surface area contributed by atoms with E-state index in [4.69, 9.17) is 14.7 Å². The van der Waals surface area contributed by atoms with Gasteiger partial charge in [0.25, 0.3) is 0 Å². The van der Waals surface area contributed by atoms with Gasteiger partial charge in [-0.15, -0.1) is 0 Å². The Morgan fingerprint density at radius 1 is 0.783 bits per heavy atom. The highest BCUT2D eigenvalue weighted by Gasteiger charge is 2.00. The van der Waals surface area contributed by atoms with Gasteiger partial charge >= 0.3 is 0 Å². The van der Waals surface area contributed by atoms with Crippen molar-refractivity contribution in [3.63, 3.8) is 0 Å². The van der Waals surface area contributed by atoms with Crippen LogP contribution in [0.3, 0.4) is 0 Å². The summed E-state index contributed by atoms with van der Waals surface area (Å²) in [5.74, 6) is 0.902. The summed E-state index contributed by atoms with van der Waals surface area (Å²) in [7, 11) is 1.74. The molecule has 0 radical (unpaired) electrons. The Labute approximate surface area is 138 Å². The first-order chi connectivity index (χ1) is 11.3. The van der Waals surface area contributed by atoms with Gasteiger partial charge in [0.2, 0.25) is 0 Å². The molecule has 0 aliphatic heterocycles. The van der Waals surface area contributed by atoms with Gasteiger partial charge in [-0.25, -0.2) is 0 Å². The van der Waals surface area contributed by atoms with Crippen LogP contribution in [-0.2, 0) is 4.74 Å². The molecule has 2 aromatic rings. The Morgan fingerprint density at radius 3 is 1.91 bits per heavy atom. The van der Waals surface area contributed by atoms with Crippen LogP contribution in [0.4, 0.5) is 0 Å². The Morgan fingerprint density at radius 2 is 1.35 bits per heavy atom. The third-order valence-corrected chi connectivity index (χ3v) is 3.71. The molecule has 23 heavy (non-hydrogen) atoms. The number of unbranched alkanes of at least 4 members (excludes halogenated alkanes) is 3. The molecule has 0 spiro atoms. The average Bonchev–Trinajstić information content (AvgIpc) is 2.61. The number of rotatable bonds is 9. The van der Waals surface area contributed by atoms with Crippen molar-refractivity contribution in [2.24, 2.45) is 0 Å². The quantitative estimate of drug-likeness (QED) is 0.624. The molecule has 0 N–H and O–H groups in total. The zero-order chi connectivity index (χ0) is 16.3. The first kappa shape index (κ1) is 17.1. The summed E-state index contributed by atoms with van der Waals surface area (Å²) in [6, 6.07) is 17.8. The molecule has 3 nitrogen and oxygen atoms in total. The van der Waals surface area contributed by atoms with E-state index in [1.807, 2.05) is 36.4 Å². The lowest BCUT2D eigenvalue weighted by molar-refractivity contribution is 0.191. The van der Waals surface area contributed by atoms with E-state index in [9.17, 15) is 0 Å². The van der Waals surface area contributed by atoms with Crippen molar-refractivity contribution in [3.05, 3.63) is 54.1 Å². The van der Waals surface area contributed by atoms with Gasteiger partial charge < -0.3 is 9.47 Å². The minimum atomic E-state index is 0.680. The Bertz CT molecular complexity index is 612. The fourth-order valence-electron chi connectivity index (χ4n) is 2.37. The Hall–Kier alpha value is -2.31. The summed E-state index contributed by atoms with van der Waals surface area (Å²) in [6.07, 6.45) is 4.55. The van der Waals surface area contributed by atoms with E-state index in [2.05, 4.69) is 18.2 Å². The molecule has 0 fully saturated rings. The van der Waals surface area contributed by atoms with Crippen molar-refractivity contribution < 1.29 is 9.47 Å². The molecule has 120 valence electrons. The number of hydrogen-bond acceptors (Lipinski definition) is 3. The van der Waals surface area contributed by atoms with Gasteiger partial charge in [0.05, 0.1) is 18.2 Å². The van der Waals surface area contributed by atoms with Crippen molar-refractivity contribution in [1.82, 2.24) is 0 Å². The van der Waals surface area contributed by atoms with Crippen LogP contribution in [0, 0.1) is 11.3 Å². The van der Waals surface area contributed by atoms with Crippen LogP contribution in [-0.4, -0.2) is 20.3 Å². The largest absolute Gasteiger partial charge is 0.494 e. The smallest absolute Gasteiger partial charge is 0.119 e. The van der Waals surface area contributed by atoms with Crippen LogP contribution >= 0.6 is 0 Å². The maximum atomic E-state index is 8.83. The lowest BCUT2D eigenvalue weighted by atomic mass is 10.0. The van der Waals surface area contributed by atoms with Gasteiger partial charge in [0, 0.05) is 13.7 Å². The second kappa shape index (κ2) is 9.66. The van der Waals surface area contributed by atoms with Gasteiger partial charge in [-0.2, -0.15) is 5.26 Å². The first-order valence-corrected chi connectivity index (χ1v) is 8.06. The molecule has 0 amide bonds. The molecule has 2 rings (SSSR count). The standard InChI is InChI=1S/C20H23NO2/c1-22-14-4-2-3-5-15-23-20-12-10-19(11-13-20)18-8-6-17(16-21)7-9-18/h6-13H,2-5,14-15H2,1H3. The molecular weight excluding hydrogens is 286 g/mol. The van der Waals surface area contributed by atoms with Crippen molar-refractivity contribution >= 4 is 0 Å². The number of hydrogen-bond donors (Lipinski definition) is 0. The molecule has 0 saturated heterocycles. The van der Waals surface area contributed by atoms with Crippen LogP contribution in [0.5, 0.6) is 5.75 Å². The molecule has 0 atom stereocenters. The first-order valence-electron chi connectivity index (χ1n) is 8.06. The van der Waals surface area contributed by atoms with Gasteiger partial charge in [0.1, 0.15) is 5.75 Å². The Kier molecular flexibility index (Phi) is 7.16. The van der Waals surface area contributed by atoms with Crippen molar-refractivity contribution in [1.29, 1.82) is 5.26 Å². The van der Waals surface area contributed by atoms with Gasteiger partial charge in [-0.1, -0.05) is 30.7 Å².